The summed E-state index contributed by atoms with van der Waals surface area (Å²) >= 11 is 0. The first-order valence-corrected chi connectivity index (χ1v) is 8.53. The number of hydrogen-bond donors (Lipinski definition) is 0. The van der Waals surface area contributed by atoms with Gasteiger partial charge in [-0.1, -0.05) is 42.5 Å². The van der Waals surface area contributed by atoms with Crippen molar-refractivity contribution in [3.63, 3.8) is 0 Å². The van der Waals surface area contributed by atoms with Crippen LogP contribution in [0.5, 0.6) is 5.75 Å². The highest BCUT2D eigenvalue weighted by molar-refractivity contribution is 6.07. The van der Waals surface area contributed by atoms with Gasteiger partial charge in [-0.25, -0.2) is 9.98 Å². The van der Waals surface area contributed by atoms with Crippen LogP contribution in [0.15, 0.2) is 64.6 Å². The highest BCUT2D eigenvalue weighted by Gasteiger charge is 2.44. The molecule has 0 saturated heterocycles. The van der Waals surface area contributed by atoms with Crippen molar-refractivity contribution >= 4 is 27.7 Å². The van der Waals surface area contributed by atoms with Gasteiger partial charge in [0.2, 0.25) is 0 Å². The van der Waals surface area contributed by atoms with Crippen molar-refractivity contribution in [3.8, 4) is 5.75 Å². The quantitative estimate of drug-likeness (QED) is 0.618. The Balaban J connectivity index is 1.80. The molecule has 0 aliphatic carbocycles. The molecule has 2 aliphatic heterocycles. The lowest BCUT2D eigenvalue weighted by Gasteiger charge is -2.33. The fourth-order valence-corrected chi connectivity index (χ4v) is 4.02. The van der Waals surface area contributed by atoms with Gasteiger partial charge in [0.15, 0.2) is 0 Å². The van der Waals surface area contributed by atoms with E-state index in [1.807, 2.05) is 37.3 Å². The van der Waals surface area contributed by atoms with Crippen LogP contribution < -0.4 is 15.3 Å². The van der Waals surface area contributed by atoms with Gasteiger partial charge in [-0.2, -0.15) is 0 Å². The smallest absolute Gasteiger partial charge is 0.262 e. The first kappa shape index (κ1) is 14.4. The molecule has 122 valence electrons. The number of ether oxygens (including phenoxy) is 1. The van der Waals surface area contributed by atoms with Crippen LogP contribution >= 0.6 is 0 Å². The van der Waals surface area contributed by atoms with Crippen LogP contribution in [0.3, 0.4) is 0 Å². The Morgan fingerprint density at radius 3 is 2.56 bits per heavy atom. The molecule has 0 fully saturated rings. The maximum Gasteiger partial charge on any atom is 0.262 e. The normalized spacial score (nSPS) is 20.8. The van der Waals surface area contributed by atoms with E-state index in [1.165, 1.54) is 16.2 Å². The van der Waals surface area contributed by atoms with Gasteiger partial charge in [0.1, 0.15) is 11.4 Å². The van der Waals surface area contributed by atoms with Crippen LogP contribution in [0.1, 0.15) is 19.4 Å². The summed E-state index contributed by atoms with van der Waals surface area (Å²) in [5.41, 5.74) is 3.29. The molecule has 0 bridgehead atoms. The number of hydrogen-bond acceptors (Lipinski definition) is 3. The third-order valence-corrected chi connectivity index (χ3v) is 5.30. The summed E-state index contributed by atoms with van der Waals surface area (Å²) in [5, 5.41) is 4.44. The fourth-order valence-electron chi connectivity index (χ4n) is 4.02. The zero-order chi connectivity index (χ0) is 17.2. The molecule has 1 spiro atoms. The molecule has 3 nitrogen and oxygen atoms in total. The minimum absolute atomic E-state index is 0.790. The fraction of sp³-hybridized carbons (Fsp3) is 0.182. The van der Waals surface area contributed by atoms with Crippen molar-refractivity contribution in [2.24, 2.45) is 9.98 Å². The average Bonchev–Trinajstić information content (AvgIpc) is 2.90. The zero-order valence-corrected chi connectivity index (χ0v) is 14.5. The summed E-state index contributed by atoms with van der Waals surface area (Å²) in [5.74, 6) is 0.790. The van der Waals surface area contributed by atoms with E-state index in [1.54, 1.807) is 0 Å². The second-order valence-electron chi connectivity index (χ2n) is 6.78. The van der Waals surface area contributed by atoms with Crippen molar-refractivity contribution in [1.29, 1.82) is 0 Å². The number of rotatable bonds is 0. The monoisotopic (exact) mass is 326 g/mol. The van der Waals surface area contributed by atoms with E-state index in [9.17, 15) is 0 Å². The van der Waals surface area contributed by atoms with Crippen LogP contribution in [-0.4, -0.2) is 11.4 Å². The van der Waals surface area contributed by atoms with Crippen LogP contribution in [0.25, 0.3) is 16.3 Å². The number of benzene rings is 3. The Kier molecular flexibility index (Phi) is 2.76. The predicted octanol–water partition coefficient (Wildman–Crippen LogP) is 3.83. The van der Waals surface area contributed by atoms with Gasteiger partial charge in [0.25, 0.3) is 5.72 Å². The van der Waals surface area contributed by atoms with Crippen molar-refractivity contribution in [2.45, 2.75) is 26.5 Å². The molecule has 0 N–H and O–H groups in total. The Morgan fingerprint density at radius 2 is 1.72 bits per heavy atom. The number of nitrogens with zero attached hydrogens (tertiary/aromatic N) is 2. The van der Waals surface area contributed by atoms with Gasteiger partial charge in [0, 0.05) is 16.2 Å². The minimum atomic E-state index is -0.816. The lowest BCUT2D eigenvalue weighted by atomic mass is 9.96. The lowest BCUT2D eigenvalue weighted by Crippen LogP contribution is -2.43. The van der Waals surface area contributed by atoms with Crippen molar-refractivity contribution in [1.82, 2.24) is 0 Å². The Morgan fingerprint density at radius 1 is 0.880 bits per heavy atom. The predicted molar refractivity (Wildman–Crippen MR) is 101 cm³/mol. The Labute approximate surface area is 146 Å². The molecule has 0 aromatic heterocycles. The van der Waals surface area contributed by atoms with Crippen LogP contribution in [0, 0.1) is 6.92 Å². The first-order valence-electron chi connectivity index (χ1n) is 8.53. The van der Waals surface area contributed by atoms with E-state index in [0.29, 0.717) is 0 Å². The van der Waals surface area contributed by atoms with E-state index in [2.05, 4.69) is 38.1 Å². The summed E-state index contributed by atoms with van der Waals surface area (Å²) in [6.07, 6.45) is 0. The molecular formula is C22H18N2O. The zero-order valence-electron chi connectivity index (χ0n) is 14.5. The number of aryl methyl sites for hydroxylation is 1. The first-order chi connectivity index (χ1) is 12.1. The standard InChI is InChI=1S/C22H18N2O/c1-13-7-6-10-18-20(13)14(2)22(24-18)15(3)23-21-17-9-5-4-8-16(17)11-12-19(21)25-22/h4-12H,1-3H3. The van der Waals surface area contributed by atoms with Gasteiger partial charge in [0.05, 0.1) is 11.1 Å². The van der Waals surface area contributed by atoms with Gasteiger partial charge >= 0.3 is 0 Å². The molecule has 3 heteroatoms. The van der Waals surface area contributed by atoms with Gasteiger partial charge in [-0.3, -0.25) is 0 Å². The summed E-state index contributed by atoms with van der Waals surface area (Å²) in [6.45, 7) is 6.24. The SMILES string of the molecule is CC1=Nc2c(ccc3ccccc23)OC12N=c1cccc(C)c1=C2C. The molecule has 1 atom stereocenters. The topological polar surface area (TPSA) is 34.0 Å². The largest absolute Gasteiger partial charge is 0.454 e. The molecular weight excluding hydrogens is 308 g/mol. The third-order valence-electron chi connectivity index (χ3n) is 5.30. The molecule has 1 unspecified atom stereocenters. The van der Waals surface area contributed by atoms with E-state index < -0.39 is 5.72 Å². The molecule has 25 heavy (non-hydrogen) atoms. The average molecular weight is 326 g/mol. The number of aliphatic imine (C=N–C) groups is 1. The molecule has 3 aromatic rings. The van der Waals surface area contributed by atoms with Crippen LogP contribution in [-0.2, 0) is 0 Å². The third kappa shape index (κ3) is 1.81. The van der Waals surface area contributed by atoms with E-state index in [0.717, 1.165) is 33.5 Å². The van der Waals surface area contributed by atoms with E-state index >= 15 is 0 Å². The van der Waals surface area contributed by atoms with Crippen molar-refractivity contribution in [2.75, 3.05) is 0 Å². The van der Waals surface area contributed by atoms with Crippen LogP contribution in [0.2, 0.25) is 0 Å². The minimum Gasteiger partial charge on any atom is -0.454 e. The highest BCUT2D eigenvalue weighted by Crippen LogP contribution is 2.44. The number of fused-ring (bicyclic) bond motifs is 4. The summed E-state index contributed by atoms with van der Waals surface area (Å²) in [7, 11) is 0. The van der Waals surface area contributed by atoms with Crippen LogP contribution in [0.4, 0.5) is 5.69 Å². The summed E-state index contributed by atoms with van der Waals surface area (Å²) < 4.78 is 6.52. The lowest BCUT2D eigenvalue weighted by molar-refractivity contribution is 0.205. The molecule has 5 rings (SSSR count). The maximum absolute atomic E-state index is 6.52. The molecule has 0 radical (unpaired) electrons. The van der Waals surface area contributed by atoms with Crippen molar-refractivity contribution < 1.29 is 4.74 Å². The second kappa shape index (κ2) is 4.79. The molecule has 3 aromatic carbocycles. The van der Waals surface area contributed by atoms with E-state index in [-0.39, 0.29) is 0 Å². The van der Waals surface area contributed by atoms with E-state index in [4.69, 9.17) is 14.7 Å². The van der Waals surface area contributed by atoms with Gasteiger partial charge < -0.3 is 4.74 Å². The summed E-state index contributed by atoms with van der Waals surface area (Å²) in [4.78, 5) is 9.90. The Hall–Kier alpha value is -2.94. The molecule has 2 aliphatic rings. The second-order valence-corrected chi connectivity index (χ2v) is 6.78. The molecule has 2 heterocycles. The van der Waals surface area contributed by atoms with Gasteiger partial charge in [-0.05, 0) is 43.9 Å². The summed E-state index contributed by atoms with van der Waals surface area (Å²) in [6, 6.07) is 18.6. The maximum atomic E-state index is 6.52. The van der Waals surface area contributed by atoms with Crippen molar-refractivity contribution in [3.05, 3.63) is 70.7 Å². The highest BCUT2D eigenvalue weighted by atomic mass is 16.5. The Bertz CT molecular complexity index is 1210. The van der Waals surface area contributed by atoms with Gasteiger partial charge in [-0.15, -0.1) is 0 Å². The molecule has 0 amide bonds. The molecule has 0 saturated carbocycles.